The molecule has 0 saturated carbocycles. The van der Waals surface area contributed by atoms with Crippen LogP contribution in [0.5, 0.6) is 0 Å². The molecule has 2 aromatic heterocycles. The van der Waals surface area contributed by atoms with E-state index in [-0.39, 0.29) is 4.90 Å². The number of likely N-dealkylation sites (N-methyl/N-ethyl adjacent to an activating group) is 1. The molecule has 1 aliphatic heterocycles. The van der Waals surface area contributed by atoms with E-state index in [9.17, 15) is 8.42 Å². The van der Waals surface area contributed by atoms with Crippen molar-refractivity contribution >= 4 is 15.8 Å². The molecule has 1 N–H and O–H groups in total. The van der Waals surface area contributed by atoms with Crippen molar-refractivity contribution < 1.29 is 8.42 Å². The van der Waals surface area contributed by atoms with Crippen LogP contribution in [-0.2, 0) is 16.6 Å². The first-order valence-corrected chi connectivity index (χ1v) is 10.9. The smallest absolute Gasteiger partial charge is 0.244 e. The lowest BCUT2D eigenvalue weighted by atomic mass is 10.3. The summed E-state index contributed by atoms with van der Waals surface area (Å²) in [7, 11) is -1.50. The van der Waals surface area contributed by atoms with Crippen LogP contribution in [-0.4, -0.2) is 65.6 Å². The summed E-state index contributed by atoms with van der Waals surface area (Å²) in [6, 6.07) is 15.1. The summed E-state index contributed by atoms with van der Waals surface area (Å²) in [5.41, 5.74) is 1.86. The molecule has 3 aromatic rings. The van der Waals surface area contributed by atoms with Crippen molar-refractivity contribution in [2.45, 2.75) is 11.4 Å². The van der Waals surface area contributed by atoms with Gasteiger partial charge in [0.1, 0.15) is 10.7 Å². The van der Waals surface area contributed by atoms with Crippen molar-refractivity contribution in [1.82, 2.24) is 24.0 Å². The molecule has 152 valence electrons. The molecule has 0 aliphatic carbocycles. The summed E-state index contributed by atoms with van der Waals surface area (Å²) in [4.78, 5) is 6.62. The zero-order valence-corrected chi connectivity index (χ0v) is 17.1. The second kappa shape index (κ2) is 8.32. The van der Waals surface area contributed by atoms with Gasteiger partial charge in [-0.1, -0.05) is 18.2 Å². The van der Waals surface area contributed by atoms with Crippen LogP contribution in [0.25, 0.3) is 5.69 Å². The summed E-state index contributed by atoms with van der Waals surface area (Å²) in [5.74, 6) is 0.608. The van der Waals surface area contributed by atoms with Crippen LogP contribution in [0.1, 0.15) is 5.69 Å². The third-order valence-corrected chi connectivity index (χ3v) is 6.83. The summed E-state index contributed by atoms with van der Waals surface area (Å²) in [6.45, 7) is 2.98. The van der Waals surface area contributed by atoms with E-state index in [0.717, 1.165) is 24.5 Å². The molecule has 4 rings (SSSR count). The van der Waals surface area contributed by atoms with Gasteiger partial charge in [0.15, 0.2) is 0 Å². The Labute approximate surface area is 170 Å². The van der Waals surface area contributed by atoms with Crippen molar-refractivity contribution in [2.75, 3.05) is 38.5 Å². The summed E-state index contributed by atoms with van der Waals surface area (Å²) in [6.07, 6.45) is 3.32. The fourth-order valence-corrected chi connectivity index (χ4v) is 4.54. The molecule has 3 heterocycles. The summed E-state index contributed by atoms with van der Waals surface area (Å²) in [5, 5.41) is 7.73. The Bertz CT molecular complexity index is 1040. The molecule has 1 fully saturated rings. The van der Waals surface area contributed by atoms with E-state index < -0.39 is 10.0 Å². The van der Waals surface area contributed by atoms with Gasteiger partial charge in [0, 0.05) is 38.6 Å². The highest BCUT2D eigenvalue weighted by Crippen LogP contribution is 2.18. The van der Waals surface area contributed by atoms with Crippen LogP contribution < -0.4 is 5.32 Å². The molecule has 0 bridgehead atoms. The van der Waals surface area contributed by atoms with E-state index in [0.29, 0.717) is 25.5 Å². The second-order valence-electron chi connectivity index (χ2n) is 7.03. The Kier molecular flexibility index (Phi) is 5.61. The molecule has 0 amide bonds. The number of para-hydroxylation sites is 1. The maximum absolute atomic E-state index is 12.8. The molecule has 1 aromatic carbocycles. The third kappa shape index (κ3) is 4.47. The average molecular weight is 413 g/mol. The van der Waals surface area contributed by atoms with Crippen molar-refractivity contribution in [2.24, 2.45) is 0 Å². The highest BCUT2D eigenvalue weighted by molar-refractivity contribution is 7.89. The lowest BCUT2D eigenvalue weighted by Gasteiger charge is -2.31. The van der Waals surface area contributed by atoms with Crippen molar-refractivity contribution in [3.8, 4) is 5.69 Å². The topological polar surface area (TPSA) is 83.4 Å². The first-order valence-electron chi connectivity index (χ1n) is 9.51. The van der Waals surface area contributed by atoms with Gasteiger partial charge in [0.2, 0.25) is 10.0 Å². The highest BCUT2D eigenvalue weighted by atomic mass is 32.2. The van der Waals surface area contributed by atoms with Crippen molar-refractivity contribution in [3.63, 3.8) is 0 Å². The van der Waals surface area contributed by atoms with Gasteiger partial charge in [-0.15, -0.1) is 0 Å². The molecule has 1 saturated heterocycles. The molecular weight excluding hydrogens is 388 g/mol. The Morgan fingerprint density at radius 2 is 1.76 bits per heavy atom. The number of nitrogens with zero attached hydrogens (tertiary/aromatic N) is 5. The number of piperazine rings is 1. The normalized spacial score (nSPS) is 16.0. The first kappa shape index (κ1) is 19.6. The maximum Gasteiger partial charge on any atom is 0.244 e. The van der Waals surface area contributed by atoms with E-state index in [1.807, 2.05) is 54.3 Å². The maximum atomic E-state index is 12.8. The van der Waals surface area contributed by atoms with Crippen molar-refractivity contribution in [3.05, 3.63) is 66.6 Å². The lowest BCUT2D eigenvalue weighted by molar-refractivity contribution is 0.222. The fraction of sp³-hybridized carbons (Fsp3) is 0.300. The number of sulfonamides is 1. The second-order valence-corrected chi connectivity index (χ2v) is 8.97. The largest absolute Gasteiger partial charge is 0.364 e. The Morgan fingerprint density at radius 1 is 1.00 bits per heavy atom. The minimum atomic E-state index is -3.50. The van der Waals surface area contributed by atoms with E-state index in [2.05, 4.69) is 20.3 Å². The Balaban J connectivity index is 1.38. The molecule has 0 spiro atoms. The van der Waals surface area contributed by atoms with Crippen LogP contribution in [0.15, 0.2) is 65.8 Å². The highest BCUT2D eigenvalue weighted by Gasteiger charge is 2.27. The molecular formula is C20H24N6O2S. The number of benzene rings is 1. The van der Waals surface area contributed by atoms with Gasteiger partial charge in [0.05, 0.1) is 17.9 Å². The Morgan fingerprint density at radius 3 is 2.45 bits per heavy atom. The van der Waals surface area contributed by atoms with Crippen LogP contribution in [0.4, 0.5) is 5.82 Å². The van der Waals surface area contributed by atoms with Gasteiger partial charge in [-0.2, -0.15) is 9.40 Å². The van der Waals surface area contributed by atoms with Crippen molar-refractivity contribution in [1.29, 1.82) is 0 Å². The fourth-order valence-electron chi connectivity index (χ4n) is 3.18. The summed E-state index contributed by atoms with van der Waals surface area (Å²) >= 11 is 0. The van der Waals surface area contributed by atoms with Gasteiger partial charge >= 0.3 is 0 Å². The number of rotatable bonds is 6. The zero-order chi connectivity index (χ0) is 20.3. The van der Waals surface area contributed by atoms with E-state index in [1.165, 1.54) is 10.5 Å². The van der Waals surface area contributed by atoms with Crippen LogP contribution in [0.2, 0.25) is 0 Å². The van der Waals surface area contributed by atoms with E-state index in [4.69, 9.17) is 0 Å². The first-order chi connectivity index (χ1) is 14.0. The number of aromatic nitrogens is 3. The molecule has 0 unspecified atom stereocenters. The van der Waals surface area contributed by atoms with Crippen LogP contribution in [0.3, 0.4) is 0 Å². The van der Waals surface area contributed by atoms with E-state index >= 15 is 0 Å². The SMILES string of the molecule is CN1CCN(S(=O)(=O)c2ccc(NCc3ccn(-c4ccccc4)n3)nc2)CC1. The zero-order valence-electron chi connectivity index (χ0n) is 16.3. The third-order valence-electron chi connectivity index (χ3n) is 4.95. The van der Waals surface area contributed by atoms with Crippen LogP contribution in [0, 0.1) is 0 Å². The predicted molar refractivity (Wildman–Crippen MR) is 111 cm³/mol. The molecule has 0 radical (unpaired) electrons. The quantitative estimate of drug-likeness (QED) is 0.665. The standard InChI is InChI=1S/C20H24N6O2S/c1-24-11-13-25(14-12-24)29(27,28)19-7-8-20(22-16-19)21-15-17-9-10-26(23-17)18-5-3-2-4-6-18/h2-10,16H,11-15H2,1H3,(H,21,22). The molecule has 8 nitrogen and oxygen atoms in total. The molecule has 9 heteroatoms. The van der Waals surface area contributed by atoms with Gasteiger partial charge in [-0.25, -0.2) is 18.1 Å². The van der Waals surface area contributed by atoms with Gasteiger partial charge in [-0.3, -0.25) is 0 Å². The minimum Gasteiger partial charge on any atom is -0.364 e. The number of pyridine rings is 1. The molecule has 29 heavy (non-hydrogen) atoms. The number of anilines is 1. The molecule has 0 atom stereocenters. The lowest BCUT2D eigenvalue weighted by Crippen LogP contribution is -2.47. The van der Waals surface area contributed by atoms with Gasteiger partial charge in [0.25, 0.3) is 0 Å². The van der Waals surface area contributed by atoms with Crippen LogP contribution >= 0.6 is 0 Å². The monoisotopic (exact) mass is 412 g/mol. The Hall–Kier alpha value is -2.75. The number of hydrogen-bond donors (Lipinski definition) is 1. The average Bonchev–Trinajstić information content (AvgIpc) is 3.23. The van der Waals surface area contributed by atoms with Gasteiger partial charge < -0.3 is 10.2 Å². The molecule has 1 aliphatic rings. The van der Waals surface area contributed by atoms with E-state index in [1.54, 1.807) is 12.1 Å². The predicted octanol–water partition coefficient (Wildman–Crippen LogP) is 1.82. The van der Waals surface area contributed by atoms with Gasteiger partial charge in [-0.05, 0) is 37.4 Å². The number of nitrogens with one attached hydrogen (secondary N) is 1. The number of hydrogen-bond acceptors (Lipinski definition) is 6. The minimum absolute atomic E-state index is 0.223. The summed E-state index contributed by atoms with van der Waals surface area (Å²) < 4.78 is 28.8.